The van der Waals surface area contributed by atoms with Crippen molar-refractivity contribution in [3.05, 3.63) is 17.0 Å². The highest BCUT2D eigenvalue weighted by Crippen LogP contribution is 2.10. The summed E-state index contributed by atoms with van der Waals surface area (Å²) in [5.41, 5.74) is 2.01. The van der Waals surface area contributed by atoms with Crippen LogP contribution in [0.25, 0.3) is 0 Å². The van der Waals surface area contributed by atoms with Gasteiger partial charge in [-0.05, 0) is 13.8 Å². The Morgan fingerprint density at radius 3 is 2.85 bits per heavy atom. The molecule has 1 aromatic heterocycles. The first-order valence-electron chi connectivity index (χ1n) is 4.25. The van der Waals surface area contributed by atoms with Gasteiger partial charge in [0.15, 0.2) is 0 Å². The van der Waals surface area contributed by atoms with Crippen LogP contribution < -0.4 is 5.32 Å². The summed E-state index contributed by atoms with van der Waals surface area (Å²) < 4.78 is 5.00. The highest BCUT2D eigenvalue weighted by Gasteiger charge is 2.06. The van der Waals surface area contributed by atoms with E-state index in [2.05, 4.69) is 16.5 Å². The minimum absolute atomic E-state index is 0.531. The molecule has 1 rings (SSSR count). The predicted octanol–water partition coefficient (Wildman–Crippen LogP) is 1.29. The van der Waals surface area contributed by atoms with E-state index < -0.39 is 0 Å². The standard InChI is InChI=1S/C9H13N3O/c1-7-9(8(2)13-12-7)6-11-5-3-4-10/h11H,3,5-6H2,1-2H3. The summed E-state index contributed by atoms with van der Waals surface area (Å²) in [6, 6.07) is 2.08. The lowest BCUT2D eigenvalue weighted by atomic mass is 10.2. The monoisotopic (exact) mass is 179 g/mol. The van der Waals surface area contributed by atoms with E-state index in [0.717, 1.165) is 23.6 Å². The normalized spacial score (nSPS) is 9.92. The number of nitriles is 1. The third kappa shape index (κ3) is 2.56. The second-order valence-electron chi connectivity index (χ2n) is 2.89. The van der Waals surface area contributed by atoms with Crippen LogP contribution in [0.2, 0.25) is 0 Å². The van der Waals surface area contributed by atoms with Crippen LogP contribution in [0.4, 0.5) is 0 Å². The number of hydrogen-bond acceptors (Lipinski definition) is 4. The molecule has 0 saturated carbocycles. The molecule has 0 aliphatic heterocycles. The average molecular weight is 179 g/mol. The van der Waals surface area contributed by atoms with E-state index in [4.69, 9.17) is 9.78 Å². The fourth-order valence-electron chi connectivity index (χ4n) is 1.11. The van der Waals surface area contributed by atoms with Crippen LogP contribution in [0.3, 0.4) is 0 Å². The van der Waals surface area contributed by atoms with Crippen LogP contribution in [-0.2, 0) is 6.54 Å². The van der Waals surface area contributed by atoms with Gasteiger partial charge in [-0.15, -0.1) is 0 Å². The van der Waals surface area contributed by atoms with E-state index >= 15 is 0 Å². The summed E-state index contributed by atoms with van der Waals surface area (Å²) in [6.07, 6.45) is 0.531. The maximum atomic E-state index is 8.31. The molecule has 4 heteroatoms. The number of nitrogens with one attached hydrogen (secondary N) is 1. The van der Waals surface area contributed by atoms with Crippen LogP contribution >= 0.6 is 0 Å². The summed E-state index contributed by atoms with van der Waals surface area (Å²) in [4.78, 5) is 0. The summed E-state index contributed by atoms with van der Waals surface area (Å²) in [5, 5.41) is 15.3. The molecule has 13 heavy (non-hydrogen) atoms. The fraction of sp³-hybridized carbons (Fsp3) is 0.556. The van der Waals surface area contributed by atoms with Gasteiger partial charge in [-0.1, -0.05) is 5.16 Å². The van der Waals surface area contributed by atoms with Crippen molar-refractivity contribution in [3.63, 3.8) is 0 Å². The molecule has 0 spiro atoms. The summed E-state index contributed by atoms with van der Waals surface area (Å²) >= 11 is 0. The van der Waals surface area contributed by atoms with Gasteiger partial charge in [-0.2, -0.15) is 5.26 Å². The van der Waals surface area contributed by atoms with Crippen molar-refractivity contribution in [2.75, 3.05) is 6.54 Å². The topological polar surface area (TPSA) is 61.9 Å². The number of nitrogens with zero attached hydrogens (tertiary/aromatic N) is 2. The smallest absolute Gasteiger partial charge is 0.138 e. The van der Waals surface area contributed by atoms with E-state index in [1.165, 1.54) is 0 Å². The quantitative estimate of drug-likeness (QED) is 0.707. The highest BCUT2D eigenvalue weighted by molar-refractivity contribution is 5.20. The van der Waals surface area contributed by atoms with Gasteiger partial charge < -0.3 is 9.84 Å². The van der Waals surface area contributed by atoms with Crippen molar-refractivity contribution < 1.29 is 4.52 Å². The number of rotatable bonds is 4. The Kier molecular flexibility index (Phi) is 3.47. The van der Waals surface area contributed by atoms with Crippen LogP contribution in [-0.4, -0.2) is 11.7 Å². The Hall–Kier alpha value is -1.34. The third-order valence-electron chi connectivity index (χ3n) is 1.90. The molecule has 0 aliphatic rings. The number of aryl methyl sites for hydroxylation is 2. The first-order chi connectivity index (χ1) is 6.25. The lowest BCUT2D eigenvalue weighted by molar-refractivity contribution is 0.392. The Morgan fingerprint density at radius 1 is 1.54 bits per heavy atom. The zero-order chi connectivity index (χ0) is 9.68. The van der Waals surface area contributed by atoms with Crippen molar-refractivity contribution in [3.8, 4) is 6.07 Å². The second kappa shape index (κ2) is 4.63. The van der Waals surface area contributed by atoms with E-state index in [1.807, 2.05) is 13.8 Å². The molecule has 0 unspecified atom stereocenters. The summed E-state index contributed by atoms with van der Waals surface area (Å²) in [7, 11) is 0. The predicted molar refractivity (Wildman–Crippen MR) is 47.9 cm³/mol. The van der Waals surface area contributed by atoms with E-state index in [1.54, 1.807) is 0 Å². The molecule has 4 nitrogen and oxygen atoms in total. The van der Waals surface area contributed by atoms with Crippen LogP contribution in [0.15, 0.2) is 4.52 Å². The molecule has 70 valence electrons. The largest absolute Gasteiger partial charge is 0.361 e. The lowest BCUT2D eigenvalue weighted by Gasteiger charge is -2.00. The zero-order valence-corrected chi connectivity index (χ0v) is 7.92. The molecule has 1 heterocycles. The van der Waals surface area contributed by atoms with Gasteiger partial charge in [0.25, 0.3) is 0 Å². The molecule has 0 radical (unpaired) electrons. The van der Waals surface area contributed by atoms with Crippen molar-refractivity contribution >= 4 is 0 Å². The Labute approximate surface area is 77.5 Å². The van der Waals surface area contributed by atoms with Gasteiger partial charge in [-0.25, -0.2) is 0 Å². The van der Waals surface area contributed by atoms with Crippen molar-refractivity contribution in [1.82, 2.24) is 10.5 Å². The van der Waals surface area contributed by atoms with Crippen LogP contribution in [0.5, 0.6) is 0 Å². The van der Waals surface area contributed by atoms with Crippen molar-refractivity contribution in [2.24, 2.45) is 0 Å². The fourth-order valence-corrected chi connectivity index (χ4v) is 1.11. The minimum atomic E-state index is 0.531. The third-order valence-corrected chi connectivity index (χ3v) is 1.90. The van der Waals surface area contributed by atoms with Gasteiger partial charge in [0.2, 0.25) is 0 Å². The SMILES string of the molecule is Cc1noc(C)c1CNCCC#N. The maximum Gasteiger partial charge on any atom is 0.138 e. The molecule has 0 atom stereocenters. The summed E-state index contributed by atoms with van der Waals surface area (Å²) in [5.74, 6) is 0.849. The maximum absolute atomic E-state index is 8.31. The van der Waals surface area contributed by atoms with Gasteiger partial charge in [0, 0.05) is 25.1 Å². The van der Waals surface area contributed by atoms with E-state index in [-0.39, 0.29) is 0 Å². The molecule has 0 saturated heterocycles. The van der Waals surface area contributed by atoms with Gasteiger partial charge in [-0.3, -0.25) is 0 Å². The van der Waals surface area contributed by atoms with Gasteiger partial charge in [0.1, 0.15) is 5.76 Å². The number of hydrogen-bond donors (Lipinski definition) is 1. The molecule has 0 fully saturated rings. The minimum Gasteiger partial charge on any atom is -0.361 e. The molecule has 1 aromatic rings. The van der Waals surface area contributed by atoms with Gasteiger partial charge >= 0.3 is 0 Å². The first kappa shape index (κ1) is 9.75. The van der Waals surface area contributed by atoms with Crippen LogP contribution in [0, 0.1) is 25.2 Å². The van der Waals surface area contributed by atoms with E-state index in [9.17, 15) is 0 Å². The molecule has 0 aliphatic carbocycles. The molecule has 1 N–H and O–H groups in total. The van der Waals surface area contributed by atoms with Crippen LogP contribution in [0.1, 0.15) is 23.4 Å². The van der Waals surface area contributed by atoms with E-state index in [0.29, 0.717) is 13.0 Å². The zero-order valence-electron chi connectivity index (χ0n) is 7.92. The molecular formula is C9H13N3O. The molecule has 0 aromatic carbocycles. The first-order valence-corrected chi connectivity index (χ1v) is 4.25. The Bertz CT molecular complexity index is 292. The van der Waals surface area contributed by atoms with Crippen molar-refractivity contribution in [1.29, 1.82) is 5.26 Å². The average Bonchev–Trinajstić information content (AvgIpc) is 2.42. The molecule has 0 amide bonds. The Morgan fingerprint density at radius 2 is 2.31 bits per heavy atom. The lowest BCUT2D eigenvalue weighted by Crippen LogP contribution is -2.14. The number of aromatic nitrogens is 1. The summed E-state index contributed by atoms with van der Waals surface area (Å²) in [6.45, 7) is 5.24. The molecule has 0 bridgehead atoms. The Balaban J connectivity index is 2.41. The van der Waals surface area contributed by atoms with Gasteiger partial charge in [0.05, 0.1) is 11.8 Å². The highest BCUT2D eigenvalue weighted by atomic mass is 16.5. The molecular weight excluding hydrogens is 166 g/mol. The van der Waals surface area contributed by atoms with Crippen molar-refractivity contribution in [2.45, 2.75) is 26.8 Å². The second-order valence-corrected chi connectivity index (χ2v) is 2.89.